The second-order valence-electron chi connectivity index (χ2n) is 12.0. The first-order chi connectivity index (χ1) is 21.7. The highest BCUT2D eigenvalue weighted by atomic mass is 32.1. The third-order valence-corrected chi connectivity index (χ3v) is 9.42. The first-order valence-corrected chi connectivity index (χ1v) is 15.4. The number of aliphatic hydroxyl groups is 2. The Labute approximate surface area is 265 Å². The Morgan fingerprint density at radius 2 is 1.78 bits per heavy atom. The third-order valence-electron chi connectivity index (χ3n) is 8.38. The molecule has 2 aromatic heterocycles. The van der Waals surface area contributed by atoms with Crippen LogP contribution in [-0.2, 0) is 17.4 Å². The van der Waals surface area contributed by atoms with Crippen molar-refractivity contribution in [3.8, 4) is 17.3 Å². The van der Waals surface area contributed by atoms with Crippen LogP contribution in [0.15, 0.2) is 36.4 Å². The number of thiazole rings is 1. The molecular weight excluding hydrogens is 624 g/mol. The standard InChI is InChI=1S/C32H30F4N6O3S/c1-31(2,45)29(44)42-12-10-41(11-13-42)19-14-21-26(22(15-19)32(34,35)36)38-27-20(8-9-23(27)43)28(21)40(3)30-39-25(24(16-37)46-30)17-4-6-18(33)7-5-17/h4-7,14-15,23,43,45H,8-13H2,1-3H3. The lowest BCUT2D eigenvalue weighted by Crippen LogP contribution is -2.54. The van der Waals surface area contributed by atoms with Gasteiger partial charge < -0.3 is 24.9 Å². The highest BCUT2D eigenvalue weighted by molar-refractivity contribution is 7.16. The number of fused-ring (bicyclic) bond motifs is 2. The van der Waals surface area contributed by atoms with E-state index in [0.29, 0.717) is 34.1 Å². The molecule has 0 bridgehead atoms. The summed E-state index contributed by atoms with van der Waals surface area (Å²) in [6, 6.07) is 10.3. The van der Waals surface area contributed by atoms with Gasteiger partial charge in [0.05, 0.1) is 28.6 Å². The van der Waals surface area contributed by atoms with E-state index in [1.165, 1.54) is 43.0 Å². The number of anilines is 3. The molecule has 0 saturated carbocycles. The molecule has 3 heterocycles. The number of hydrogen-bond donors (Lipinski definition) is 2. The van der Waals surface area contributed by atoms with Crippen molar-refractivity contribution in [1.29, 1.82) is 5.26 Å². The van der Waals surface area contributed by atoms with Gasteiger partial charge in [-0.05, 0) is 63.1 Å². The van der Waals surface area contributed by atoms with Gasteiger partial charge in [0.2, 0.25) is 0 Å². The maximum atomic E-state index is 14.7. The predicted molar refractivity (Wildman–Crippen MR) is 165 cm³/mol. The molecule has 1 amide bonds. The summed E-state index contributed by atoms with van der Waals surface area (Å²) in [4.78, 5) is 26.8. The number of pyridine rings is 1. The molecule has 0 spiro atoms. The summed E-state index contributed by atoms with van der Waals surface area (Å²) in [6.07, 6.45) is -5.18. The molecule has 0 radical (unpaired) electrons. The number of carbonyl (C=O) groups excluding carboxylic acids is 1. The SMILES string of the molecule is CN(c1nc(-c2ccc(F)cc2)c(C#N)s1)c1c2c(nc3c(C(F)(F)F)cc(N4CCN(C(=O)C(C)(C)O)CC4)cc13)C(O)CC2. The molecule has 46 heavy (non-hydrogen) atoms. The first-order valence-electron chi connectivity index (χ1n) is 14.6. The van der Waals surface area contributed by atoms with Gasteiger partial charge in [-0.25, -0.2) is 14.4 Å². The molecule has 6 rings (SSSR count). The van der Waals surface area contributed by atoms with Crippen LogP contribution in [0.25, 0.3) is 22.2 Å². The molecule has 2 aliphatic rings. The molecule has 2 N–H and O–H groups in total. The normalized spacial score (nSPS) is 16.9. The second kappa shape index (κ2) is 11.5. The quantitative estimate of drug-likeness (QED) is 0.269. The lowest BCUT2D eigenvalue weighted by Gasteiger charge is -2.38. The molecule has 2 aromatic carbocycles. The molecule has 1 saturated heterocycles. The molecule has 240 valence electrons. The molecular formula is C32H30F4N6O3S. The van der Waals surface area contributed by atoms with Gasteiger partial charge in [-0.2, -0.15) is 18.4 Å². The highest BCUT2D eigenvalue weighted by Crippen LogP contribution is 2.48. The van der Waals surface area contributed by atoms with Gasteiger partial charge in [-0.3, -0.25) is 4.79 Å². The molecule has 1 aliphatic heterocycles. The van der Waals surface area contributed by atoms with Crippen molar-refractivity contribution in [3.63, 3.8) is 0 Å². The number of alkyl halides is 3. The van der Waals surface area contributed by atoms with E-state index in [0.717, 1.165) is 17.4 Å². The summed E-state index contributed by atoms with van der Waals surface area (Å²) < 4.78 is 57.7. The highest BCUT2D eigenvalue weighted by Gasteiger charge is 2.38. The van der Waals surface area contributed by atoms with E-state index < -0.39 is 35.2 Å². The number of hydrogen-bond acceptors (Lipinski definition) is 9. The van der Waals surface area contributed by atoms with Crippen LogP contribution in [0.4, 0.5) is 34.1 Å². The van der Waals surface area contributed by atoms with E-state index in [4.69, 9.17) is 0 Å². The van der Waals surface area contributed by atoms with Crippen molar-refractivity contribution >= 4 is 44.7 Å². The number of piperazine rings is 1. The lowest BCUT2D eigenvalue weighted by atomic mass is 10.0. The topological polar surface area (TPSA) is 117 Å². The van der Waals surface area contributed by atoms with Crippen LogP contribution in [0.3, 0.4) is 0 Å². The summed E-state index contributed by atoms with van der Waals surface area (Å²) in [5.41, 5.74) is -0.579. The molecule has 1 atom stereocenters. The second-order valence-corrected chi connectivity index (χ2v) is 12.9. The Hall–Kier alpha value is -4.32. The van der Waals surface area contributed by atoms with E-state index >= 15 is 0 Å². The van der Waals surface area contributed by atoms with E-state index in [1.54, 1.807) is 22.9 Å². The Balaban J connectivity index is 1.49. The minimum atomic E-state index is -4.78. The number of nitriles is 1. The lowest BCUT2D eigenvalue weighted by molar-refractivity contribution is -0.148. The van der Waals surface area contributed by atoms with Crippen LogP contribution < -0.4 is 9.80 Å². The summed E-state index contributed by atoms with van der Waals surface area (Å²) in [5, 5.41) is 31.3. The van der Waals surface area contributed by atoms with Crippen LogP contribution in [0, 0.1) is 17.1 Å². The molecule has 14 heteroatoms. The minimum absolute atomic E-state index is 0.169. The van der Waals surface area contributed by atoms with Crippen molar-refractivity contribution in [2.24, 2.45) is 0 Å². The molecule has 1 unspecified atom stereocenters. The van der Waals surface area contributed by atoms with Crippen LogP contribution in [-0.4, -0.2) is 69.8 Å². The van der Waals surface area contributed by atoms with Crippen molar-refractivity contribution in [3.05, 3.63) is 63.9 Å². The van der Waals surface area contributed by atoms with Crippen LogP contribution >= 0.6 is 11.3 Å². The zero-order valence-corrected chi connectivity index (χ0v) is 26.0. The van der Waals surface area contributed by atoms with Gasteiger partial charge in [-0.15, -0.1) is 0 Å². The number of amides is 1. The number of aliphatic hydroxyl groups excluding tert-OH is 1. The van der Waals surface area contributed by atoms with Crippen molar-refractivity contribution < 1.29 is 32.6 Å². The van der Waals surface area contributed by atoms with Crippen molar-refractivity contribution in [2.75, 3.05) is 43.0 Å². The zero-order chi connectivity index (χ0) is 33.1. The van der Waals surface area contributed by atoms with Crippen molar-refractivity contribution in [1.82, 2.24) is 14.9 Å². The largest absolute Gasteiger partial charge is 0.418 e. The maximum Gasteiger partial charge on any atom is 0.418 e. The zero-order valence-electron chi connectivity index (χ0n) is 25.2. The Kier molecular flexibility index (Phi) is 7.90. The Morgan fingerprint density at radius 3 is 2.39 bits per heavy atom. The number of nitrogens with zero attached hydrogens (tertiary/aromatic N) is 6. The van der Waals surface area contributed by atoms with Crippen molar-refractivity contribution in [2.45, 2.75) is 44.6 Å². The average molecular weight is 655 g/mol. The monoisotopic (exact) mass is 654 g/mol. The van der Waals surface area contributed by atoms with Gasteiger partial charge >= 0.3 is 6.18 Å². The summed E-state index contributed by atoms with van der Waals surface area (Å²) in [5.74, 6) is -0.905. The molecule has 4 aromatic rings. The fourth-order valence-electron chi connectivity index (χ4n) is 6.10. The van der Waals surface area contributed by atoms with Crippen LogP contribution in [0.5, 0.6) is 0 Å². The maximum absolute atomic E-state index is 14.7. The third kappa shape index (κ3) is 5.63. The average Bonchev–Trinajstić information content (AvgIpc) is 3.62. The predicted octanol–water partition coefficient (Wildman–Crippen LogP) is 5.55. The summed E-state index contributed by atoms with van der Waals surface area (Å²) in [7, 11) is 1.65. The minimum Gasteiger partial charge on any atom is -0.387 e. The molecule has 1 aliphatic carbocycles. The van der Waals surface area contributed by atoms with Gasteiger partial charge in [0.1, 0.15) is 28.1 Å². The summed E-state index contributed by atoms with van der Waals surface area (Å²) >= 11 is 1.05. The number of rotatable bonds is 5. The molecule has 1 fully saturated rings. The van der Waals surface area contributed by atoms with Gasteiger partial charge in [-0.1, -0.05) is 11.3 Å². The van der Waals surface area contributed by atoms with E-state index in [9.17, 15) is 37.8 Å². The van der Waals surface area contributed by atoms with Gasteiger partial charge in [0.25, 0.3) is 5.91 Å². The van der Waals surface area contributed by atoms with E-state index in [2.05, 4.69) is 16.0 Å². The Bertz CT molecular complexity index is 1870. The fourth-order valence-corrected chi connectivity index (χ4v) is 6.95. The Morgan fingerprint density at radius 1 is 1.11 bits per heavy atom. The fraction of sp³-hybridized carbons (Fsp3) is 0.375. The smallest absolute Gasteiger partial charge is 0.387 e. The van der Waals surface area contributed by atoms with Crippen LogP contribution in [0.1, 0.15) is 48.1 Å². The van der Waals surface area contributed by atoms with E-state index in [1.807, 2.05) is 0 Å². The van der Waals surface area contributed by atoms with E-state index in [-0.39, 0.29) is 59.8 Å². The number of carbonyl (C=O) groups is 1. The number of aromatic nitrogens is 2. The first kappa shape index (κ1) is 31.7. The summed E-state index contributed by atoms with van der Waals surface area (Å²) in [6.45, 7) is 3.70. The van der Waals surface area contributed by atoms with Gasteiger partial charge in [0, 0.05) is 55.4 Å². The van der Waals surface area contributed by atoms with Crippen LogP contribution in [0.2, 0.25) is 0 Å². The number of benzene rings is 2. The van der Waals surface area contributed by atoms with Gasteiger partial charge in [0.15, 0.2) is 5.13 Å². The number of halogens is 4. The molecule has 9 nitrogen and oxygen atoms in total.